The summed E-state index contributed by atoms with van der Waals surface area (Å²) < 4.78 is 22.5. The van der Waals surface area contributed by atoms with Crippen molar-refractivity contribution in [3.8, 4) is 28.4 Å². The quantitative estimate of drug-likeness (QED) is 0.318. The highest BCUT2D eigenvalue weighted by Gasteiger charge is 2.35. The Morgan fingerprint density at radius 3 is 2.52 bits per heavy atom. The smallest absolute Gasteiger partial charge is 0.339 e. The van der Waals surface area contributed by atoms with Gasteiger partial charge >= 0.3 is 5.97 Å². The Labute approximate surface area is 277 Å². The highest BCUT2D eigenvalue weighted by atomic mass is 16.5. The highest BCUT2D eigenvalue weighted by Crippen LogP contribution is 2.33. The molecule has 4 aromatic rings. The zero-order valence-electron chi connectivity index (χ0n) is 26.4. The van der Waals surface area contributed by atoms with Crippen molar-refractivity contribution in [1.29, 1.82) is 0 Å². The van der Waals surface area contributed by atoms with Crippen LogP contribution in [0.1, 0.15) is 43.2 Å². The van der Waals surface area contributed by atoms with Crippen molar-refractivity contribution in [1.82, 2.24) is 20.5 Å². The summed E-state index contributed by atoms with van der Waals surface area (Å²) in [4.78, 5) is 57.5. The van der Waals surface area contributed by atoms with Crippen molar-refractivity contribution in [3.63, 3.8) is 0 Å². The summed E-state index contributed by atoms with van der Waals surface area (Å²) in [6.07, 6.45) is 1.26. The van der Waals surface area contributed by atoms with Crippen LogP contribution in [0.4, 0.5) is 0 Å². The Kier molecular flexibility index (Phi) is 9.51. The summed E-state index contributed by atoms with van der Waals surface area (Å²) in [5.41, 5.74) is 3.02. The van der Waals surface area contributed by atoms with Gasteiger partial charge in [0.05, 0.1) is 25.8 Å². The Balaban J connectivity index is 1.31. The zero-order chi connectivity index (χ0) is 33.6. The normalized spacial score (nSPS) is 17.8. The first-order chi connectivity index (χ1) is 23.3. The summed E-state index contributed by atoms with van der Waals surface area (Å²) in [5.74, 6) is 0.0906. The van der Waals surface area contributed by atoms with Crippen LogP contribution in [0.5, 0.6) is 17.2 Å². The summed E-state index contributed by atoms with van der Waals surface area (Å²) in [6, 6.07) is 22.0. The van der Waals surface area contributed by atoms with E-state index >= 15 is 0 Å². The lowest BCUT2D eigenvalue weighted by Gasteiger charge is -2.38. The van der Waals surface area contributed by atoms with Gasteiger partial charge < -0.3 is 34.5 Å². The molecule has 0 unspecified atom stereocenters. The predicted molar refractivity (Wildman–Crippen MR) is 174 cm³/mol. The lowest BCUT2D eigenvalue weighted by molar-refractivity contribution is -0.123. The van der Waals surface area contributed by atoms with Crippen molar-refractivity contribution in [3.05, 3.63) is 107 Å². The number of piperidine rings is 1. The minimum Gasteiger partial charge on any atom is -0.496 e. The maximum Gasteiger partial charge on any atom is 0.339 e. The molecule has 7 rings (SSSR count). The second kappa shape index (κ2) is 14.2. The molecular weight excluding hydrogens is 616 g/mol. The van der Waals surface area contributed by atoms with Crippen LogP contribution in [0.2, 0.25) is 0 Å². The van der Waals surface area contributed by atoms with Crippen molar-refractivity contribution >= 4 is 23.7 Å². The van der Waals surface area contributed by atoms with Gasteiger partial charge in [0.2, 0.25) is 0 Å². The Hall–Kier alpha value is -5.91. The molecule has 1 aromatic heterocycles. The molecule has 6 bridgehead atoms. The molecule has 0 radical (unpaired) electrons. The van der Waals surface area contributed by atoms with Gasteiger partial charge in [-0.3, -0.25) is 19.4 Å². The fraction of sp³-hybridized carbons (Fsp3) is 0.250. The molecule has 0 aliphatic carbocycles. The molecule has 4 heterocycles. The van der Waals surface area contributed by atoms with Crippen LogP contribution < -0.4 is 24.8 Å². The second-order valence-corrected chi connectivity index (χ2v) is 11.4. The molecule has 3 amide bonds. The molecule has 1 fully saturated rings. The molecule has 3 aromatic carbocycles. The molecule has 0 spiro atoms. The van der Waals surface area contributed by atoms with Gasteiger partial charge in [0.1, 0.15) is 29.0 Å². The van der Waals surface area contributed by atoms with Crippen molar-refractivity contribution in [2.75, 3.05) is 33.9 Å². The molecule has 2 atom stereocenters. The number of ether oxygens (including phenoxy) is 4. The lowest BCUT2D eigenvalue weighted by Crippen LogP contribution is -2.58. The summed E-state index contributed by atoms with van der Waals surface area (Å²) >= 11 is 0. The Morgan fingerprint density at radius 2 is 1.77 bits per heavy atom. The first-order valence-electron chi connectivity index (χ1n) is 15.4. The lowest BCUT2D eigenvalue weighted by atomic mass is 9.99. The van der Waals surface area contributed by atoms with Gasteiger partial charge in [-0.05, 0) is 65.7 Å². The van der Waals surface area contributed by atoms with Gasteiger partial charge in [-0.2, -0.15) is 0 Å². The topological polar surface area (TPSA) is 145 Å². The number of rotatable bonds is 3. The molecule has 12 heteroatoms. The van der Waals surface area contributed by atoms with Crippen LogP contribution in [0.15, 0.2) is 85.1 Å². The summed E-state index contributed by atoms with van der Waals surface area (Å²) in [6.45, 7) is 0.649. The van der Waals surface area contributed by atoms with E-state index in [-0.39, 0.29) is 42.1 Å². The molecule has 1 saturated heterocycles. The number of hydrogen-bond donors (Lipinski definition) is 2. The third kappa shape index (κ3) is 7.22. The van der Waals surface area contributed by atoms with Crippen LogP contribution in [-0.4, -0.2) is 79.6 Å². The number of benzene rings is 3. The molecule has 48 heavy (non-hydrogen) atoms. The van der Waals surface area contributed by atoms with Gasteiger partial charge in [-0.15, -0.1) is 0 Å². The zero-order valence-corrected chi connectivity index (χ0v) is 26.4. The van der Waals surface area contributed by atoms with Crippen LogP contribution in [0.3, 0.4) is 0 Å². The predicted octanol–water partition coefficient (Wildman–Crippen LogP) is 3.64. The number of esters is 1. The van der Waals surface area contributed by atoms with Crippen LogP contribution in [0, 0.1) is 0 Å². The minimum absolute atomic E-state index is 0.155. The molecule has 3 aliphatic rings. The van der Waals surface area contributed by atoms with E-state index in [1.54, 1.807) is 60.5 Å². The van der Waals surface area contributed by atoms with E-state index in [2.05, 4.69) is 15.6 Å². The summed E-state index contributed by atoms with van der Waals surface area (Å²) in [5, 5.41) is 5.97. The van der Waals surface area contributed by atoms with Crippen molar-refractivity contribution < 1.29 is 38.1 Å². The monoisotopic (exact) mass is 650 g/mol. The average molecular weight is 651 g/mol. The molecular formula is C36H34N4O8. The van der Waals surface area contributed by atoms with E-state index in [0.717, 1.165) is 11.1 Å². The third-order valence-corrected chi connectivity index (χ3v) is 8.23. The van der Waals surface area contributed by atoms with E-state index in [1.165, 1.54) is 25.4 Å². The van der Waals surface area contributed by atoms with Gasteiger partial charge in [0, 0.05) is 43.4 Å². The third-order valence-electron chi connectivity index (χ3n) is 8.23. The van der Waals surface area contributed by atoms with E-state index in [9.17, 15) is 19.2 Å². The van der Waals surface area contributed by atoms with Gasteiger partial charge in [-0.1, -0.05) is 24.3 Å². The maximum atomic E-state index is 13.8. The number of aromatic nitrogens is 1. The van der Waals surface area contributed by atoms with Crippen molar-refractivity contribution in [2.24, 2.45) is 0 Å². The molecule has 246 valence electrons. The first kappa shape index (κ1) is 32.0. The molecule has 2 N–H and O–H groups in total. The largest absolute Gasteiger partial charge is 0.496 e. The van der Waals surface area contributed by atoms with E-state index in [0.29, 0.717) is 47.9 Å². The number of carbonyl (C=O) groups is 4. The number of amides is 3. The minimum atomic E-state index is -0.587. The fourth-order valence-corrected chi connectivity index (χ4v) is 5.66. The van der Waals surface area contributed by atoms with Gasteiger partial charge in [0.15, 0.2) is 6.61 Å². The Bertz CT molecular complexity index is 1830. The average Bonchev–Trinajstić information content (AvgIpc) is 3.13. The highest BCUT2D eigenvalue weighted by molar-refractivity contribution is 5.97. The number of carbonyl (C=O) groups excluding carboxylic acids is 4. The summed E-state index contributed by atoms with van der Waals surface area (Å²) in [7, 11) is 2.82. The van der Waals surface area contributed by atoms with E-state index in [4.69, 9.17) is 18.9 Å². The Morgan fingerprint density at radius 1 is 0.938 bits per heavy atom. The first-order valence-corrected chi connectivity index (χ1v) is 15.4. The van der Waals surface area contributed by atoms with Gasteiger partial charge in [0.25, 0.3) is 17.7 Å². The second-order valence-electron chi connectivity index (χ2n) is 11.4. The number of hydrogen-bond acceptors (Lipinski definition) is 9. The number of methoxy groups -OCH3 is 2. The van der Waals surface area contributed by atoms with Gasteiger partial charge in [-0.25, -0.2) is 4.79 Å². The number of nitrogens with one attached hydrogen (secondary N) is 2. The number of pyridine rings is 1. The number of likely N-dealkylation sites (tertiary alicyclic amines) is 1. The number of nitrogens with zero attached hydrogens (tertiary/aromatic N) is 2. The molecule has 3 aliphatic heterocycles. The van der Waals surface area contributed by atoms with Crippen LogP contribution in [-0.2, 0) is 16.1 Å². The van der Waals surface area contributed by atoms with E-state index in [1.807, 2.05) is 18.2 Å². The maximum absolute atomic E-state index is 13.8. The fourth-order valence-electron chi connectivity index (χ4n) is 5.66. The molecule has 0 saturated carbocycles. The van der Waals surface area contributed by atoms with Crippen LogP contribution >= 0.6 is 0 Å². The standard InChI is InChI=1S/C36H34N4O8/c1-45-31-13-9-24-17-28(31)23-4-3-5-27(16-23)47-21-33(41)38-18-22-6-10-26(11-7-22)48-32-14-15-40(20-30(32)39-34(24)42)35(43)29-12-8-25(19-37-29)36(44)46-2/h3-13,16-17,19,30,32H,14-15,18,20-21H2,1-2H3,(H,38,41)(H,39,42)/t30-,32-/m1/s1. The van der Waals surface area contributed by atoms with Crippen LogP contribution in [0.25, 0.3) is 11.1 Å². The van der Waals surface area contributed by atoms with Crippen molar-refractivity contribution in [2.45, 2.75) is 25.1 Å². The number of fused-ring (bicyclic) bond motifs is 7. The van der Waals surface area contributed by atoms with E-state index < -0.39 is 18.1 Å². The molecule has 12 nitrogen and oxygen atoms in total. The SMILES string of the molecule is COC(=O)c1ccc(C(=O)N2CC[C@H]3Oc4ccc(cc4)CNC(=O)COc4cccc(c4)-c4cc(ccc4OC)C(=O)N[C@@H]3C2)nc1.